The second-order valence-electron chi connectivity index (χ2n) is 3.81. The molecule has 0 saturated carbocycles. The van der Waals surface area contributed by atoms with E-state index in [1.807, 2.05) is 49.4 Å². The van der Waals surface area contributed by atoms with Crippen molar-refractivity contribution in [2.75, 3.05) is 0 Å². The molecule has 1 N–H and O–H groups in total. The van der Waals surface area contributed by atoms with Crippen LogP contribution in [0, 0.1) is 0 Å². The normalized spacial score (nSPS) is 11.5. The van der Waals surface area contributed by atoms with E-state index in [-0.39, 0.29) is 0 Å². The maximum atomic E-state index is 9.04. The summed E-state index contributed by atoms with van der Waals surface area (Å²) in [6, 6.07) is 18.1. The molecule has 0 spiro atoms. The van der Waals surface area contributed by atoms with E-state index in [4.69, 9.17) is 5.21 Å². The first-order valence-corrected chi connectivity index (χ1v) is 5.72. The Balaban J connectivity index is 2.56. The Morgan fingerprint density at radius 3 is 2.29 bits per heavy atom. The van der Waals surface area contributed by atoms with Gasteiger partial charge < -0.3 is 5.21 Å². The van der Waals surface area contributed by atoms with E-state index in [0.29, 0.717) is 12.1 Å². The fraction of sp³-hybridized carbons (Fsp3) is 0.133. The number of hydrogen-bond donors (Lipinski definition) is 1. The second kappa shape index (κ2) is 5.30. The highest BCUT2D eigenvalue weighted by atomic mass is 16.4. The van der Waals surface area contributed by atoms with Gasteiger partial charge in [0.15, 0.2) is 0 Å². The zero-order valence-corrected chi connectivity index (χ0v) is 9.80. The van der Waals surface area contributed by atoms with E-state index in [0.717, 1.165) is 16.7 Å². The summed E-state index contributed by atoms with van der Waals surface area (Å²) in [5.74, 6) is 0. The maximum Gasteiger partial charge on any atom is 0.0871 e. The highest BCUT2D eigenvalue weighted by Crippen LogP contribution is 2.24. The van der Waals surface area contributed by atoms with E-state index >= 15 is 0 Å². The molecule has 0 aliphatic heterocycles. The van der Waals surface area contributed by atoms with Gasteiger partial charge in [0.05, 0.1) is 5.71 Å². The quantitative estimate of drug-likeness (QED) is 0.479. The van der Waals surface area contributed by atoms with Crippen molar-refractivity contribution in [3.8, 4) is 11.1 Å². The van der Waals surface area contributed by atoms with Gasteiger partial charge in [-0.3, -0.25) is 0 Å². The van der Waals surface area contributed by atoms with Crippen LogP contribution in [0.5, 0.6) is 0 Å². The Hall–Kier alpha value is -2.09. The van der Waals surface area contributed by atoms with Gasteiger partial charge in [0, 0.05) is 5.56 Å². The first-order valence-electron chi connectivity index (χ1n) is 5.72. The van der Waals surface area contributed by atoms with Crippen LogP contribution in [0.2, 0.25) is 0 Å². The summed E-state index contributed by atoms with van der Waals surface area (Å²) in [6.45, 7) is 1.98. The van der Waals surface area contributed by atoms with Crippen LogP contribution >= 0.6 is 0 Å². The summed E-state index contributed by atoms with van der Waals surface area (Å²) >= 11 is 0. The maximum absolute atomic E-state index is 9.04. The van der Waals surface area contributed by atoms with Crippen LogP contribution in [-0.4, -0.2) is 10.9 Å². The predicted octanol–water partition coefficient (Wildman–Crippen LogP) is 3.94. The van der Waals surface area contributed by atoms with Crippen molar-refractivity contribution in [1.29, 1.82) is 0 Å². The van der Waals surface area contributed by atoms with Crippen LogP contribution < -0.4 is 0 Å². The molecule has 0 atom stereocenters. The molecular formula is C15H15NO. The Bertz CT molecular complexity index is 517. The molecule has 2 rings (SSSR count). The standard InChI is InChI=1S/C15H15NO/c1-2-15(16-17)14-11-7-6-10-13(14)12-8-4-3-5-9-12/h3-11,17H,2H2,1H3/b16-15+. The highest BCUT2D eigenvalue weighted by molar-refractivity contribution is 6.05. The van der Waals surface area contributed by atoms with Crippen LogP contribution in [0.15, 0.2) is 59.8 Å². The molecule has 0 aliphatic rings. The molecule has 0 saturated heterocycles. The van der Waals surface area contributed by atoms with Crippen LogP contribution in [0.3, 0.4) is 0 Å². The third-order valence-electron chi connectivity index (χ3n) is 2.78. The van der Waals surface area contributed by atoms with Gasteiger partial charge in [0.25, 0.3) is 0 Å². The third-order valence-corrected chi connectivity index (χ3v) is 2.78. The Morgan fingerprint density at radius 2 is 1.65 bits per heavy atom. The van der Waals surface area contributed by atoms with Crippen molar-refractivity contribution >= 4 is 5.71 Å². The molecule has 2 aromatic carbocycles. The molecule has 0 amide bonds. The van der Waals surface area contributed by atoms with Crippen molar-refractivity contribution in [3.05, 3.63) is 60.2 Å². The highest BCUT2D eigenvalue weighted by Gasteiger charge is 2.08. The van der Waals surface area contributed by atoms with Crippen LogP contribution in [-0.2, 0) is 0 Å². The molecule has 2 heteroatoms. The van der Waals surface area contributed by atoms with Gasteiger partial charge >= 0.3 is 0 Å². The van der Waals surface area contributed by atoms with E-state index in [2.05, 4.69) is 17.3 Å². The summed E-state index contributed by atoms with van der Waals surface area (Å²) in [4.78, 5) is 0. The first-order chi connectivity index (χ1) is 8.36. The lowest BCUT2D eigenvalue weighted by Gasteiger charge is -2.09. The third kappa shape index (κ3) is 2.36. The molecule has 0 unspecified atom stereocenters. The lowest BCUT2D eigenvalue weighted by Crippen LogP contribution is -2.01. The molecule has 0 heterocycles. The first kappa shape index (κ1) is 11.4. The topological polar surface area (TPSA) is 32.6 Å². The zero-order valence-electron chi connectivity index (χ0n) is 9.80. The minimum Gasteiger partial charge on any atom is -0.411 e. The summed E-state index contributed by atoms with van der Waals surface area (Å²) in [5.41, 5.74) is 3.94. The Kier molecular flexibility index (Phi) is 3.55. The van der Waals surface area contributed by atoms with E-state index in [9.17, 15) is 0 Å². The molecule has 86 valence electrons. The fourth-order valence-electron chi connectivity index (χ4n) is 1.92. The molecule has 2 nitrogen and oxygen atoms in total. The van der Waals surface area contributed by atoms with Crippen molar-refractivity contribution in [2.24, 2.45) is 5.16 Å². The molecule has 2 aromatic rings. The average Bonchev–Trinajstić information content (AvgIpc) is 2.42. The van der Waals surface area contributed by atoms with Gasteiger partial charge in [-0.15, -0.1) is 0 Å². The van der Waals surface area contributed by atoms with Crippen molar-refractivity contribution in [1.82, 2.24) is 0 Å². The number of nitrogens with zero attached hydrogens (tertiary/aromatic N) is 1. The van der Waals surface area contributed by atoms with Crippen molar-refractivity contribution in [3.63, 3.8) is 0 Å². The Morgan fingerprint density at radius 1 is 1.00 bits per heavy atom. The molecule has 0 aromatic heterocycles. The van der Waals surface area contributed by atoms with Crippen molar-refractivity contribution in [2.45, 2.75) is 13.3 Å². The minimum atomic E-state index is 0.709. The fourth-order valence-corrected chi connectivity index (χ4v) is 1.92. The van der Waals surface area contributed by atoms with E-state index in [1.54, 1.807) is 0 Å². The number of hydrogen-bond acceptors (Lipinski definition) is 2. The largest absolute Gasteiger partial charge is 0.411 e. The molecular weight excluding hydrogens is 210 g/mol. The van der Waals surface area contributed by atoms with Gasteiger partial charge in [-0.25, -0.2) is 0 Å². The monoisotopic (exact) mass is 225 g/mol. The molecule has 17 heavy (non-hydrogen) atoms. The van der Waals surface area contributed by atoms with Crippen LogP contribution in [0.1, 0.15) is 18.9 Å². The molecule has 0 radical (unpaired) electrons. The smallest absolute Gasteiger partial charge is 0.0871 e. The van der Waals surface area contributed by atoms with Gasteiger partial charge in [-0.2, -0.15) is 0 Å². The van der Waals surface area contributed by atoms with E-state index < -0.39 is 0 Å². The van der Waals surface area contributed by atoms with Gasteiger partial charge in [-0.05, 0) is 17.5 Å². The van der Waals surface area contributed by atoms with Gasteiger partial charge in [0.2, 0.25) is 0 Å². The number of oxime groups is 1. The summed E-state index contributed by atoms with van der Waals surface area (Å²) < 4.78 is 0. The average molecular weight is 225 g/mol. The van der Waals surface area contributed by atoms with Gasteiger partial charge in [-0.1, -0.05) is 66.7 Å². The van der Waals surface area contributed by atoms with Crippen LogP contribution in [0.25, 0.3) is 11.1 Å². The minimum absolute atomic E-state index is 0.709. The SMILES string of the molecule is CC/C(=N\O)c1ccccc1-c1ccccc1. The number of benzene rings is 2. The predicted molar refractivity (Wildman–Crippen MR) is 70.5 cm³/mol. The molecule has 0 fully saturated rings. The Labute approximate surface area is 101 Å². The summed E-state index contributed by atoms with van der Waals surface area (Å²) in [5, 5.41) is 12.4. The summed E-state index contributed by atoms with van der Waals surface area (Å²) in [7, 11) is 0. The number of rotatable bonds is 3. The zero-order chi connectivity index (χ0) is 12.1. The lowest BCUT2D eigenvalue weighted by molar-refractivity contribution is 0.318. The molecule has 0 aliphatic carbocycles. The van der Waals surface area contributed by atoms with Gasteiger partial charge in [0.1, 0.15) is 0 Å². The lowest BCUT2D eigenvalue weighted by atomic mass is 9.96. The molecule has 0 bridgehead atoms. The van der Waals surface area contributed by atoms with E-state index in [1.165, 1.54) is 0 Å². The van der Waals surface area contributed by atoms with Crippen molar-refractivity contribution < 1.29 is 5.21 Å². The summed E-state index contributed by atoms with van der Waals surface area (Å²) in [6.07, 6.45) is 0.709. The second-order valence-corrected chi connectivity index (χ2v) is 3.81. The van der Waals surface area contributed by atoms with Crippen LogP contribution in [0.4, 0.5) is 0 Å².